The minimum atomic E-state index is -0.632. The molecule has 2 aromatic heterocycles. The predicted molar refractivity (Wildman–Crippen MR) is 245 cm³/mol. The van der Waals surface area contributed by atoms with Gasteiger partial charge in [-0.15, -0.1) is 0 Å². The molecule has 2 heterocycles. The summed E-state index contributed by atoms with van der Waals surface area (Å²) in [7, 11) is 0. The van der Waals surface area contributed by atoms with E-state index in [2.05, 4.69) is 91.0 Å². The molecule has 8 aromatic carbocycles. The monoisotopic (exact) mass is 792 g/mol. The Morgan fingerprint density at radius 3 is 1.10 bits per heavy atom. The third kappa shape index (κ3) is 5.72. The molecule has 0 radical (unpaired) electrons. The second-order valence-corrected chi connectivity index (χ2v) is 15.8. The molecule has 0 saturated carbocycles. The zero-order valence-electron chi connectivity index (χ0n) is 33.5. The van der Waals surface area contributed by atoms with E-state index >= 15 is 0 Å². The Labute approximate surface area is 359 Å². The molecule has 3 aliphatic rings. The van der Waals surface area contributed by atoms with Gasteiger partial charge in [0.25, 0.3) is 0 Å². The van der Waals surface area contributed by atoms with Gasteiger partial charge >= 0.3 is 0 Å². The highest BCUT2D eigenvalue weighted by Gasteiger charge is 2.53. The van der Waals surface area contributed by atoms with Gasteiger partial charge in [0.15, 0.2) is 34.9 Å². The van der Waals surface area contributed by atoms with Crippen LogP contribution >= 0.6 is 0 Å². The lowest BCUT2D eigenvalue weighted by Gasteiger charge is -2.51. The van der Waals surface area contributed by atoms with Gasteiger partial charge in [0, 0.05) is 39.3 Å². The van der Waals surface area contributed by atoms with Crippen LogP contribution in [0.4, 0.5) is 0 Å². The first-order chi connectivity index (χ1) is 30.7. The summed E-state index contributed by atoms with van der Waals surface area (Å²) >= 11 is 0. The van der Waals surface area contributed by atoms with Crippen LogP contribution < -0.4 is 0 Å². The van der Waals surface area contributed by atoms with Gasteiger partial charge in [0.05, 0.1) is 5.41 Å². The third-order valence-electron chi connectivity index (χ3n) is 12.3. The van der Waals surface area contributed by atoms with E-state index in [4.69, 9.17) is 29.9 Å². The van der Waals surface area contributed by atoms with Crippen LogP contribution in [0, 0.1) is 0 Å². The Bertz CT molecular complexity index is 3170. The third-order valence-corrected chi connectivity index (χ3v) is 12.3. The van der Waals surface area contributed by atoms with E-state index in [1.165, 1.54) is 38.9 Å². The molecule has 0 amide bonds. The molecule has 290 valence electrons. The Morgan fingerprint density at radius 1 is 0.258 bits per heavy atom. The van der Waals surface area contributed by atoms with Gasteiger partial charge in [0.1, 0.15) is 0 Å². The van der Waals surface area contributed by atoms with Gasteiger partial charge in [-0.25, -0.2) is 29.9 Å². The smallest absolute Gasteiger partial charge is 0.164 e. The fourth-order valence-corrected chi connectivity index (χ4v) is 9.61. The van der Waals surface area contributed by atoms with Gasteiger partial charge in [0.2, 0.25) is 0 Å². The Kier molecular flexibility index (Phi) is 8.35. The first-order valence-corrected chi connectivity index (χ1v) is 20.9. The average Bonchev–Trinajstić information content (AvgIpc) is 3.37. The normalized spacial score (nSPS) is 15.6. The molecule has 2 bridgehead atoms. The number of hydrogen-bond acceptors (Lipinski definition) is 6. The largest absolute Gasteiger partial charge is 0.208 e. The van der Waals surface area contributed by atoms with Gasteiger partial charge < -0.3 is 0 Å². The van der Waals surface area contributed by atoms with Crippen LogP contribution in [-0.4, -0.2) is 29.9 Å². The quantitative estimate of drug-likeness (QED) is 0.160. The molecule has 6 nitrogen and oxygen atoms in total. The van der Waals surface area contributed by atoms with Crippen molar-refractivity contribution in [1.82, 2.24) is 29.9 Å². The molecule has 0 spiro atoms. The Hall–Kier alpha value is -8.22. The molecule has 6 heteroatoms. The van der Waals surface area contributed by atoms with Gasteiger partial charge in [-0.3, -0.25) is 0 Å². The number of rotatable bonds is 7. The standard InChI is InChI=1S/C56H36N6/c1-6-18-36(19-7-1)50-57-51(37-20-8-2-9-21-37)60-54(59-50)40-31-33-47-45(34-40)49-43-28-16-17-29-46(43)56(47,42-26-14-5-15-27-42)48-35-41(30-32-44(48)49)55-61-52(38-22-10-3-11-23-38)58-53(62-55)39-24-12-4-13-25-39/h1-35,49H. The van der Waals surface area contributed by atoms with Crippen molar-refractivity contribution in [2.24, 2.45) is 0 Å². The minimum absolute atomic E-state index is 0.0297. The van der Waals surface area contributed by atoms with E-state index in [-0.39, 0.29) is 5.92 Å². The van der Waals surface area contributed by atoms with Crippen LogP contribution in [0.15, 0.2) is 212 Å². The van der Waals surface area contributed by atoms with Crippen LogP contribution in [0.3, 0.4) is 0 Å². The molecule has 0 N–H and O–H groups in total. The van der Waals surface area contributed by atoms with Crippen LogP contribution in [0.5, 0.6) is 0 Å². The molecule has 2 unspecified atom stereocenters. The molecule has 2 atom stereocenters. The molecule has 0 aliphatic heterocycles. The van der Waals surface area contributed by atoms with Crippen molar-refractivity contribution in [2.45, 2.75) is 11.3 Å². The van der Waals surface area contributed by atoms with Crippen molar-refractivity contribution < 1.29 is 0 Å². The molecule has 13 rings (SSSR count). The van der Waals surface area contributed by atoms with Crippen LogP contribution in [0.25, 0.3) is 68.3 Å². The predicted octanol–water partition coefficient (Wildman–Crippen LogP) is 12.2. The van der Waals surface area contributed by atoms with E-state index in [1.807, 2.05) is 121 Å². The first kappa shape index (κ1) is 35.7. The first-order valence-electron chi connectivity index (χ1n) is 20.9. The van der Waals surface area contributed by atoms with Gasteiger partial charge in [-0.2, -0.15) is 0 Å². The molecule has 0 fully saturated rings. The zero-order chi connectivity index (χ0) is 41.0. The van der Waals surface area contributed by atoms with Crippen LogP contribution in [-0.2, 0) is 5.41 Å². The molecule has 62 heavy (non-hydrogen) atoms. The lowest BCUT2D eigenvalue weighted by atomic mass is 9.50. The topological polar surface area (TPSA) is 77.3 Å². The summed E-state index contributed by atoms with van der Waals surface area (Å²) in [5.41, 5.74) is 13.8. The molecular weight excluding hydrogens is 757 g/mol. The second kappa shape index (κ2) is 14.5. The highest BCUT2D eigenvalue weighted by Crippen LogP contribution is 2.62. The lowest BCUT2D eigenvalue weighted by Crippen LogP contribution is -2.43. The van der Waals surface area contributed by atoms with Crippen molar-refractivity contribution in [1.29, 1.82) is 0 Å². The minimum Gasteiger partial charge on any atom is -0.208 e. The maximum absolute atomic E-state index is 5.16. The van der Waals surface area contributed by atoms with E-state index in [1.54, 1.807) is 0 Å². The van der Waals surface area contributed by atoms with E-state index < -0.39 is 5.41 Å². The van der Waals surface area contributed by atoms with Crippen molar-refractivity contribution in [3.8, 4) is 68.3 Å². The SMILES string of the molecule is c1ccc(-c2nc(-c3ccccc3)nc(-c3ccc4c(c3)C3c5ccccc5C4(c4ccccc4)c4cc(-c5nc(-c6ccccc6)nc(-c6ccccc6)n5)ccc43)n2)cc1. The lowest BCUT2D eigenvalue weighted by molar-refractivity contribution is 0.630. The highest BCUT2D eigenvalue weighted by atomic mass is 15.0. The van der Waals surface area contributed by atoms with Gasteiger partial charge in [-0.05, 0) is 51.1 Å². The molecule has 3 aliphatic carbocycles. The Morgan fingerprint density at radius 2 is 0.613 bits per heavy atom. The maximum Gasteiger partial charge on any atom is 0.164 e. The number of nitrogens with zero attached hydrogens (tertiary/aromatic N) is 6. The van der Waals surface area contributed by atoms with Crippen molar-refractivity contribution in [3.63, 3.8) is 0 Å². The maximum atomic E-state index is 5.16. The molecule has 0 saturated heterocycles. The zero-order valence-corrected chi connectivity index (χ0v) is 33.5. The summed E-state index contributed by atoms with van der Waals surface area (Å²) in [6.45, 7) is 0. The molecule has 10 aromatic rings. The van der Waals surface area contributed by atoms with Crippen LogP contribution in [0.1, 0.15) is 44.9 Å². The highest BCUT2D eigenvalue weighted by molar-refractivity contribution is 5.81. The summed E-state index contributed by atoms with van der Waals surface area (Å²) in [5, 5.41) is 0. The molecular formula is C56H36N6. The summed E-state index contributed by atoms with van der Waals surface area (Å²) < 4.78 is 0. The number of benzene rings is 8. The second-order valence-electron chi connectivity index (χ2n) is 15.8. The van der Waals surface area contributed by atoms with E-state index in [9.17, 15) is 0 Å². The van der Waals surface area contributed by atoms with Crippen molar-refractivity contribution >= 4 is 0 Å². The van der Waals surface area contributed by atoms with Gasteiger partial charge in [-0.1, -0.05) is 200 Å². The summed E-state index contributed by atoms with van der Waals surface area (Å²) in [6.07, 6.45) is 0. The van der Waals surface area contributed by atoms with Crippen molar-refractivity contribution in [2.75, 3.05) is 0 Å². The fraction of sp³-hybridized carbons (Fsp3) is 0.0357. The summed E-state index contributed by atoms with van der Waals surface area (Å²) in [5.74, 6) is 3.80. The number of aromatic nitrogens is 6. The van der Waals surface area contributed by atoms with Crippen molar-refractivity contribution in [3.05, 3.63) is 251 Å². The van der Waals surface area contributed by atoms with Crippen LogP contribution in [0.2, 0.25) is 0 Å². The fourth-order valence-electron chi connectivity index (χ4n) is 9.61. The number of hydrogen-bond donors (Lipinski definition) is 0. The summed E-state index contributed by atoms with van der Waals surface area (Å²) in [6, 6.07) is 74.2. The average molecular weight is 793 g/mol. The van der Waals surface area contributed by atoms with E-state index in [0.717, 1.165) is 33.4 Å². The summed E-state index contributed by atoms with van der Waals surface area (Å²) in [4.78, 5) is 30.6. The Balaban J connectivity index is 1.08. The van der Waals surface area contributed by atoms with E-state index in [0.29, 0.717) is 34.9 Å².